The van der Waals surface area contributed by atoms with Gasteiger partial charge in [0.15, 0.2) is 0 Å². The molecule has 0 unspecified atom stereocenters. The van der Waals surface area contributed by atoms with E-state index in [9.17, 15) is 21.6 Å². The molecule has 0 amide bonds. The van der Waals surface area contributed by atoms with Gasteiger partial charge in [0.05, 0.1) is 0 Å². The lowest BCUT2D eigenvalue weighted by Crippen LogP contribution is -2.28. The Morgan fingerprint density at radius 1 is 1.00 bits per heavy atom. The number of aryl methyl sites for hydroxylation is 1. The van der Waals surface area contributed by atoms with Gasteiger partial charge in [-0.3, -0.25) is 0 Å². The molecule has 1 rings (SSSR count). The van der Waals surface area contributed by atoms with Crippen LogP contribution in [0.2, 0.25) is 0 Å². The lowest BCUT2D eigenvalue weighted by atomic mass is 9.99. The molecule has 0 aliphatic heterocycles. The van der Waals surface area contributed by atoms with Crippen molar-refractivity contribution >= 4 is 10.1 Å². The molecule has 0 saturated carbocycles. The summed E-state index contributed by atoms with van der Waals surface area (Å²) in [5, 5.41) is 0. The zero-order valence-electron chi connectivity index (χ0n) is 10.3. The third-order valence-corrected chi connectivity index (χ3v) is 3.88. The van der Waals surface area contributed by atoms with E-state index in [1.807, 2.05) is 0 Å². The fraction of sp³-hybridized carbons (Fsp3) is 0.455. The van der Waals surface area contributed by atoms with E-state index in [1.165, 1.54) is 13.0 Å². The van der Waals surface area contributed by atoms with Crippen molar-refractivity contribution in [3.63, 3.8) is 0 Å². The zero-order valence-corrected chi connectivity index (χ0v) is 11.2. The summed E-state index contributed by atoms with van der Waals surface area (Å²) in [6, 6.07) is 1.29. The molecule has 0 bridgehead atoms. The Hall–Kier alpha value is -1.24. The summed E-state index contributed by atoms with van der Waals surface area (Å²) in [7, 11) is -5.62. The first-order valence-corrected chi connectivity index (χ1v) is 6.46. The van der Waals surface area contributed by atoms with Gasteiger partial charge in [-0.25, -0.2) is 0 Å². The SMILES string of the molecule is Cc1cc(OS(=O)(=O)C(F)(F)F)c(C)c(C)c1C. The highest BCUT2D eigenvalue weighted by atomic mass is 32.2. The summed E-state index contributed by atoms with van der Waals surface area (Å²) in [4.78, 5) is 0. The Morgan fingerprint density at radius 2 is 1.50 bits per heavy atom. The normalized spacial score (nSPS) is 12.6. The first kappa shape index (κ1) is 14.8. The average Bonchev–Trinajstić information content (AvgIpc) is 2.21. The second-order valence-corrected chi connectivity index (χ2v) is 5.59. The van der Waals surface area contributed by atoms with Crippen LogP contribution in [0.4, 0.5) is 13.2 Å². The molecule has 0 aliphatic rings. The lowest BCUT2D eigenvalue weighted by Gasteiger charge is -2.15. The maximum Gasteiger partial charge on any atom is 0.534 e. The summed E-state index contributed by atoms with van der Waals surface area (Å²) >= 11 is 0. The van der Waals surface area contributed by atoms with E-state index in [2.05, 4.69) is 4.18 Å². The molecule has 1 aromatic rings. The van der Waals surface area contributed by atoms with Crippen LogP contribution in [0, 0.1) is 27.7 Å². The first-order chi connectivity index (χ1) is 7.97. The number of benzene rings is 1. The third kappa shape index (κ3) is 2.60. The molecular weight excluding hydrogens is 269 g/mol. The molecule has 3 nitrogen and oxygen atoms in total. The Balaban J connectivity index is 3.31. The molecule has 18 heavy (non-hydrogen) atoms. The van der Waals surface area contributed by atoms with Gasteiger partial charge >= 0.3 is 15.6 Å². The van der Waals surface area contributed by atoms with Crippen molar-refractivity contribution in [2.75, 3.05) is 0 Å². The van der Waals surface area contributed by atoms with Gasteiger partial charge in [0, 0.05) is 0 Å². The molecule has 0 N–H and O–H groups in total. The Bertz CT molecular complexity index is 574. The average molecular weight is 282 g/mol. The molecule has 0 fully saturated rings. The topological polar surface area (TPSA) is 43.4 Å². The van der Waals surface area contributed by atoms with Gasteiger partial charge in [-0.05, 0) is 56.0 Å². The van der Waals surface area contributed by atoms with Gasteiger partial charge in [0.1, 0.15) is 5.75 Å². The standard InChI is InChI=1S/C11H13F3O3S/c1-6-5-10(9(4)8(3)7(6)2)17-18(15,16)11(12,13)14/h5H,1-4H3. The molecule has 0 saturated heterocycles. The minimum Gasteiger partial charge on any atom is -0.376 e. The van der Waals surface area contributed by atoms with Crippen LogP contribution < -0.4 is 4.18 Å². The maximum atomic E-state index is 12.2. The minimum atomic E-state index is -5.62. The van der Waals surface area contributed by atoms with Gasteiger partial charge < -0.3 is 4.18 Å². The van der Waals surface area contributed by atoms with E-state index in [-0.39, 0.29) is 5.75 Å². The van der Waals surface area contributed by atoms with Crippen LogP contribution in [0.3, 0.4) is 0 Å². The number of hydrogen-bond donors (Lipinski definition) is 0. The van der Waals surface area contributed by atoms with Crippen LogP contribution in [0.15, 0.2) is 6.07 Å². The highest BCUT2D eigenvalue weighted by molar-refractivity contribution is 7.88. The van der Waals surface area contributed by atoms with Crippen LogP contribution in [-0.4, -0.2) is 13.9 Å². The first-order valence-electron chi connectivity index (χ1n) is 5.05. The van der Waals surface area contributed by atoms with Gasteiger partial charge in [0.25, 0.3) is 0 Å². The van der Waals surface area contributed by atoms with Crippen molar-refractivity contribution in [3.8, 4) is 5.75 Å². The van der Waals surface area contributed by atoms with E-state index in [0.717, 1.165) is 5.56 Å². The van der Waals surface area contributed by atoms with Crippen LogP contribution in [0.5, 0.6) is 5.75 Å². The van der Waals surface area contributed by atoms with Crippen molar-refractivity contribution < 1.29 is 25.8 Å². The summed E-state index contributed by atoms with van der Waals surface area (Å²) < 4.78 is 62.7. The molecule has 0 spiro atoms. The van der Waals surface area contributed by atoms with Crippen LogP contribution in [-0.2, 0) is 10.1 Å². The predicted octanol–water partition coefficient (Wildman–Crippen LogP) is 3.15. The van der Waals surface area contributed by atoms with E-state index < -0.39 is 15.6 Å². The highest BCUT2D eigenvalue weighted by Crippen LogP contribution is 2.32. The summed E-state index contributed by atoms with van der Waals surface area (Å²) in [6.45, 7) is 6.70. The fourth-order valence-corrected chi connectivity index (χ4v) is 1.93. The van der Waals surface area contributed by atoms with E-state index in [0.29, 0.717) is 16.7 Å². The van der Waals surface area contributed by atoms with Crippen molar-refractivity contribution in [2.45, 2.75) is 33.2 Å². The fourth-order valence-electron chi connectivity index (χ4n) is 1.43. The number of rotatable bonds is 2. The van der Waals surface area contributed by atoms with E-state index in [1.54, 1.807) is 20.8 Å². The molecular formula is C11H13F3O3S. The number of alkyl halides is 3. The molecule has 0 radical (unpaired) electrons. The van der Waals surface area contributed by atoms with Crippen molar-refractivity contribution in [3.05, 3.63) is 28.3 Å². The second kappa shape index (κ2) is 4.46. The summed E-state index contributed by atoms with van der Waals surface area (Å²) in [5.41, 5.74) is -2.77. The predicted molar refractivity (Wildman–Crippen MR) is 61.0 cm³/mol. The van der Waals surface area contributed by atoms with Crippen LogP contribution >= 0.6 is 0 Å². The van der Waals surface area contributed by atoms with Crippen molar-refractivity contribution in [1.82, 2.24) is 0 Å². The smallest absolute Gasteiger partial charge is 0.376 e. The minimum absolute atomic E-state index is 0.284. The second-order valence-electron chi connectivity index (χ2n) is 4.05. The quantitative estimate of drug-likeness (QED) is 0.618. The summed E-state index contributed by atoms with van der Waals surface area (Å²) in [6.07, 6.45) is 0. The third-order valence-electron chi connectivity index (χ3n) is 2.92. The highest BCUT2D eigenvalue weighted by Gasteiger charge is 2.48. The van der Waals surface area contributed by atoms with E-state index in [4.69, 9.17) is 0 Å². The lowest BCUT2D eigenvalue weighted by molar-refractivity contribution is -0.0500. The largest absolute Gasteiger partial charge is 0.534 e. The molecule has 0 heterocycles. The van der Waals surface area contributed by atoms with Crippen molar-refractivity contribution in [2.24, 2.45) is 0 Å². The number of halogens is 3. The molecule has 7 heteroatoms. The monoisotopic (exact) mass is 282 g/mol. The Morgan fingerprint density at radius 3 is 1.94 bits per heavy atom. The number of hydrogen-bond acceptors (Lipinski definition) is 3. The van der Waals surface area contributed by atoms with Crippen LogP contribution in [0.25, 0.3) is 0 Å². The molecule has 102 valence electrons. The molecule has 0 atom stereocenters. The summed E-state index contributed by atoms with van der Waals surface area (Å²) in [5.74, 6) is -0.284. The van der Waals surface area contributed by atoms with Gasteiger partial charge in [-0.15, -0.1) is 0 Å². The van der Waals surface area contributed by atoms with Crippen LogP contribution in [0.1, 0.15) is 22.3 Å². The van der Waals surface area contributed by atoms with Crippen molar-refractivity contribution in [1.29, 1.82) is 0 Å². The van der Waals surface area contributed by atoms with Gasteiger partial charge in [0.2, 0.25) is 0 Å². The van der Waals surface area contributed by atoms with Gasteiger partial charge in [-0.2, -0.15) is 21.6 Å². The van der Waals surface area contributed by atoms with Gasteiger partial charge in [-0.1, -0.05) is 0 Å². The molecule has 0 aliphatic carbocycles. The molecule has 0 aromatic heterocycles. The maximum absolute atomic E-state index is 12.2. The van der Waals surface area contributed by atoms with E-state index >= 15 is 0 Å². The Kier molecular flexibility index (Phi) is 3.67. The Labute approximate surface area is 104 Å². The molecule has 1 aromatic carbocycles. The zero-order chi connectivity index (χ0) is 14.3.